The topological polar surface area (TPSA) is 47.0 Å². The van der Waals surface area contributed by atoms with Crippen LogP contribution in [0.2, 0.25) is 5.28 Å². The number of para-hydroxylation sites is 1. The molecule has 0 aliphatic carbocycles. The first-order valence-corrected chi connectivity index (χ1v) is 6.67. The van der Waals surface area contributed by atoms with Gasteiger partial charge in [0.1, 0.15) is 5.82 Å². The fraction of sp³-hybridized carbons (Fsp3) is 0.429. The Kier molecular flexibility index (Phi) is 4.56. The van der Waals surface area contributed by atoms with E-state index in [4.69, 9.17) is 16.3 Å². The van der Waals surface area contributed by atoms with Gasteiger partial charge in [-0.3, -0.25) is 0 Å². The van der Waals surface area contributed by atoms with Gasteiger partial charge in [0.2, 0.25) is 5.28 Å². The monoisotopic (exact) mass is 279 g/mol. The summed E-state index contributed by atoms with van der Waals surface area (Å²) in [6, 6.07) is 7.99. The van der Waals surface area contributed by atoms with E-state index < -0.39 is 0 Å². The zero-order chi connectivity index (χ0) is 13.8. The van der Waals surface area contributed by atoms with Crippen LogP contribution in [0.15, 0.2) is 24.3 Å². The van der Waals surface area contributed by atoms with Crippen LogP contribution in [-0.4, -0.2) is 29.7 Å². The molecule has 0 amide bonds. The lowest BCUT2D eigenvalue weighted by Gasteiger charge is -2.22. The summed E-state index contributed by atoms with van der Waals surface area (Å²) in [5.41, 5.74) is 0.838. The molecule has 0 spiro atoms. The van der Waals surface area contributed by atoms with Gasteiger partial charge in [-0.05, 0) is 29.7 Å². The molecular weight excluding hydrogens is 262 g/mol. The highest BCUT2D eigenvalue weighted by Gasteiger charge is 2.15. The summed E-state index contributed by atoms with van der Waals surface area (Å²) in [4.78, 5) is 8.51. The van der Waals surface area contributed by atoms with Gasteiger partial charge in [-0.2, -0.15) is 0 Å². The molecule has 4 nitrogen and oxygen atoms in total. The van der Waals surface area contributed by atoms with Crippen LogP contribution in [-0.2, 0) is 4.74 Å². The Balaban J connectivity index is 2.38. The van der Waals surface area contributed by atoms with Crippen molar-refractivity contribution < 1.29 is 4.74 Å². The van der Waals surface area contributed by atoms with Gasteiger partial charge in [-0.25, -0.2) is 9.97 Å². The maximum Gasteiger partial charge on any atom is 0.224 e. The average Bonchev–Trinajstić information content (AvgIpc) is 2.37. The van der Waals surface area contributed by atoms with E-state index >= 15 is 0 Å². The van der Waals surface area contributed by atoms with Gasteiger partial charge in [0.15, 0.2) is 0 Å². The van der Waals surface area contributed by atoms with Crippen molar-refractivity contribution in [3.8, 4) is 0 Å². The molecule has 1 aromatic carbocycles. The van der Waals surface area contributed by atoms with Crippen LogP contribution in [0, 0.1) is 5.92 Å². The van der Waals surface area contributed by atoms with Crippen LogP contribution in [0.1, 0.15) is 13.8 Å². The second kappa shape index (κ2) is 6.17. The number of benzene rings is 1. The van der Waals surface area contributed by atoms with E-state index in [-0.39, 0.29) is 11.3 Å². The molecule has 0 saturated heterocycles. The van der Waals surface area contributed by atoms with Gasteiger partial charge in [-0.15, -0.1) is 0 Å². The number of rotatable bonds is 5. The molecule has 1 heterocycles. The number of nitrogens with zero attached hydrogens (tertiary/aromatic N) is 2. The molecule has 1 N–H and O–H groups in total. The van der Waals surface area contributed by atoms with Crippen LogP contribution in [0.25, 0.3) is 10.9 Å². The quantitative estimate of drug-likeness (QED) is 0.853. The highest BCUT2D eigenvalue weighted by molar-refractivity contribution is 6.28. The van der Waals surface area contributed by atoms with Crippen molar-refractivity contribution in [2.24, 2.45) is 5.92 Å². The Morgan fingerprint density at radius 1 is 1.26 bits per heavy atom. The lowest BCUT2D eigenvalue weighted by Crippen LogP contribution is -2.31. The summed E-state index contributed by atoms with van der Waals surface area (Å²) < 4.78 is 5.24. The third-order valence-electron chi connectivity index (χ3n) is 3.05. The summed E-state index contributed by atoms with van der Waals surface area (Å²) in [7, 11) is 1.70. The maximum absolute atomic E-state index is 5.97. The number of hydrogen-bond donors (Lipinski definition) is 1. The number of methoxy groups -OCH3 is 1. The number of halogens is 1. The molecule has 1 atom stereocenters. The molecule has 1 unspecified atom stereocenters. The predicted molar refractivity (Wildman–Crippen MR) is 78.7 cm³/mol. The second-order valence-corrected chi connectivity index (χ2v) is 5.15. The van der Waals surface area contributed by atoms with Crippen molar-refractivity contribution in [3.63, 3.8) is 0 Å². The molecule has 2 aromatic rings. The van der Waals surface area contributed by atoms with Gasteiger partial charge in [0, 0.05) is 12.5 Å². The number of ether oxygens (including phenoxy) is 1. The van der Waals surface area contributed by atoms with Crippen molar-refractivity contribution >= 4 is 28.3 Å². The van der Waals surface area contributed by atoms with Crippen LogP contribution in [0.5, 0.6) is 0 Å². The Hall–Kier alpha value is -1.39. The van der Waals surface area contributed by atoms with Crippen molar-refractivity contribution in [1.82, 2.24) is 9.97 Å². The van der Waals surface area contributed by atoms with E-state index in [2.05, 4.69) is 29.1 Å². The molecule has 1 aromatic heterocycles. The molecule has 0 bridgehead atoms. The van der Waals surface area contributed by atoms with Crippen LogP contribution in [0.4, 0.5) is 5.82 Å². The third-order valence-corrected chi connectivity index (χ3v) is 3.22. The molecule has 2 rings (SSSR count). The molecule has 102 valence electrons. The lowest BCUT2D eigenvalue weighted by atomic mass is 10.1. The number of hydrogen-bond acceptors (Lipinski definition) is 4. The van der Waals surface area contributed by atoms with E-state index in [9.17, 15) is 0 Å². The average molecular weight is 280 g/mol. The fourth-order valence-corrected chi connectivity index (χ4v) is 2.09. The van der Waals surface area contributed by atoms with Crippen LogP contribution in [0.3, 0.4) is 0 Å². The summed E-state index contributed by atoms with van der Waals surface area (Å²) >= 11 is 5.97. The number of nitrogens with one attached hydrogen (secondary N) is 1. The minimum absolute atomic E-state index is 0.180. The van der Waals surface area contributed by atoms with E-state index in [0.29, 0.717) is 12.5 Å². The standard InChI is InChI=1S/C14H18ClN3O/c1-9(2)12(8-19-3)16-13-10-6-4-5-7-11(10)17-14(15)18-13/h4-7,9,12H,8H2,1-3H3,(H,16,17,18). The highest BCUT2D eigenvalue weighted by atomic mass is 35.5. The Morgan fingerprint density at radius 2 is 2.00 bits per heavy atom. The largest absolute Gasteiger partial charge is 0.383 e. The predicted octanol–water partition coefficient (Wildman–Crippen LogP) is 3.37. The van der Waals surface area contributed by atoms with Gasteiger partial charge in [0.25, 0.3) is 0 Å². The van der Waals surface area contributed by atoms with E-state index in [1.165, 1.54) is 0 Å². The van der Waals surface area contributed by atoms with Crippen molar-refractivity contribution in [3.05, 3.63) is 29.5 Å². The lowest BCUT2D eigenvalue weighted by molar-refractivity contribution is 0.171. The molecule has 0 aliphatic heterocycles. The highest BCUT2D eigenvalue weighted by Crippen LogP contribution is 2.23. The smallest absolute Gasteiger partial charge is 0.224 e. The summed E-state index contributed by atoms with van der Waals surface area (Å²) in [5, 5.41) is 4.62. The maximum atomic E-state index is 5.97. The van der Waals surface area contributed by atoms with E-state index in [1.807, 2.05) is 24.3 Å². The summed E-state index contributed by atoms with van der Waals surface area (Å²) in [5.74, 6) is 1.18. The Labute approximate surface area is 118 Å². The first-order valence-electron chi connectivity index (χ1n) is 6.29. The zero-order valence-electron chi connectivity index (χ0n) is 11.4. The Bertz CT molecular complexity index is 559. The van der Waals surface area contributed by atoms with Crippen LogP contribution < -0.4 is 5.32 Å². The molecule has 5 heteroatoms. The van der Waals surface area contributed by atoms with Crippen molar-refractivity contribution in [2.75, 3.05) is 19.0 Å². The SMILES string of the molecule is COCC(Nc1nc(Cl)nc2ccccc12)C(C)C. The van der Waals surface area contributed by atoms with Gasteiger partial charge >= 0.3 is 0 Å². The van der Waals surface area contributed by atoms with Crippen molar-refractivity contribution in [1.29, 1.82) is 0 Å². The molecule has 0 saturated carbocycles. The minimum atomic E-state index is 0.180. The summed E-state index contributed by atoms with van der Waals surface area (Å²) in [6.45, 7) is 4.90. The summed E-state index contributed by atoms with van der Waals surface area (Å²) in [6.07, 6.45) is 0. The number of aromatic nitrogens is 2. The Morgan fingerprint density at radius 3 is 2.68 bits per heavy atom. The van der Waals surface area contributed by atoms with Crippen molar-refractivity contribution in [2.45, 2.75) is 19.9 Å². The van der Waals surface area contributed by atoms with Gasteiger partial charge in [0.05, 0.1) is 18.2 Å². The zero-order valence-corrected chi connectivity index (χ0v) is 12.1. The van der Waals surface area contributed by atoms with E-state index in [1.54, 1.807) is 7.11 Å². The number of fused-ring (bicyclic) bond motifs is 1. The third kappa shape index (κ3) is 3.33. The molecule has 0 fully saturated rings. The second-order valence-electron chi connectivity index (χ2n) is 4.81. The molecular formula is C14H18ClN3O. The molecule has 0 aliphatic rings. The van der Waals surface area contributed by atoms with Gasteiger partial charge < -0.3 is 10.1 Å². The van der Waals surface area contributed by atoms with E-state index in [0.717, 1.165) is 16.7 Å². The first kappa shape index (κ1) is 14.0. The van der Waals surface area contributed by atoms with Gasteiger partial charge in [-0.1, -0.05) is 26.0 Å². The molecule has 0 radical (unpaired) electrons. The molecule has 19 heavy (non-hydrogen) atoms. The number of anilines is 1. The normalized spacial score (nSPS) is 12.9. The van der Waals surface area contributed by atoms with Crippen LogP contribution >= 0.6 is 11.6 Å². The fourth-order valence-electron chi connectivity index (χ4n) is 1.91. The first-order chi connectivity index (χ1) is 9.11. The minimum Gasteiger partial charge on any atom is -0.383 e.